The Morgan fingerprint density at radius 2 is 2.05 bits per heavy atom. The van der Waals surface area contributed by atoms with E-state index in [4.69, 9.17) is 9.47 Å². The molecule has 0 bridgehead atoms. The van der Waals surface area contributed by atoms with Crippen molar-refractivity contribution in [3.8, 4) is 6.01 Å². The summed E-state index contributed by atoms with van der Waals surface area (Å²) in [7, 11) is 3.57. The van der Waals surface area contributed by atoms with Crippen LogP contribution in [-0.4, -0.2) is 54.9 Å². The fourth-order valence-corrected chi connectivity index (χ4v) is 2.15. The maximum atomic E-state index is 5.39. The molecule has 1 saturated heterocycles. The monoisotopic (exact) mass is 281 g/mol. The van der Waals surface area contributed by atoms with Gasteiger partial charge in [-0.05, 0) is 19.3 Å². The number of aromatic nitrogens is 3. The second-order valence-electron chi connectivity index (χ2n) is 4.83. The van der Waals surface area contributed by atoms with Gasteiger partial charge in [-0.1, -0.05) is 6.92 Å². The van der Waals surface area contributed by atoms with Crippen LogP contribution in [0.4, 0.5) is 11.9 Å². The van der Waals surface area contributed by atoms with Crippen molar-refractivity contribution in [2.75, 3.05) is 44.1 Å². The van der Waals surface area contributed by atoms with E-state index < -0.39 is 0 Å². The van der Waals surface area contributed by atoms with E-state index in [1.807, 2.05) is 7.05 Å². The van der Waals surface area contributed by atoms with Gasteiger partial charge >= 0.3 is 6.01 Å². The Balaban J connectivity index is 2.15. The lowest BCUT2D eigenvalue weighted by Crippen LogP contribution is -2.37. The normalized spacial score (nSPS) is 15.9. The summed E-state index contributed by atoms with van der Waals surface area (Å²) in [5.41, 5.74) is 0. The minimum absolute atomic E-state index is 0.340. The van der Waals surface area contributed by atoms with Crippen LogP contribution in [0, 0.1) is 0 Å². The van der Waals surface area contributed by atoms with Crippen molar-refractivity contribution in [3.63, 3.8) is 0 Å². The average molecular weight is 281 g/mol. The first-order chi connectivity index (χ1) is 9.74. The third kappa shape index (κ3) is 3.69. The predicted octanol–water partition coefficient (Wildman–Crippen LogP) is 1.32. The van der Waals surface area contributed by atoms with Gasteiger partial charge in [-0.2, -0.15) is 15.0 Å². The summed E-state index contributed by atoms with van der Waals surface area (Å²) in [6, 6.07) is 0.738. The lowest BCUT2D eigenvalue weighted by Gasteiger charge is -2.31. The zero-order valence-corrected chi connectivity index (χ0v) is 12.4. The van der Waals surface area contributed by atoms with Gasteiger partial charge in [0.2, 0.25) is 11.9 Å². The van der Waals surface area contributed by atoms with Crippen molar-refractivity contribution >= 4 is 11.9 Å². The van der Waals surface area contributed by atoms with E-state index in [0.29, 0.717) is 23.9 Å². The Morgan fingerprint density at radius 1 is 1.30 bits per heavy atom. The molecule has 2 rings (SSSR count). The van der Waals surface area contributed by atoms with Crippen LogP contribution in [0.25, 0.3) is 0 Å². The van der Waals surface area contributed by atoms with Crippen molar-refractivity contribution in [2.24, 2.45) is 0 Å². The number of nitrogens with one attached hydrogen (secondary N) is 1. The smallest absolute Gasteiger partial charge is 0.322 e. The standard InChI is InChI=1S/C13H23N5O2/c1-4-7-14-11-15-12(17-13(16-11)19-3)18(2)10-5-8-20-9-6-10/h10H,4-9H2,1-3H3,(H,14,15,16,17). The molecule has 1 aromatic rings. The minimum atomic E-state index is 0.340. The largest absolute Gasteiger partial charge is 0.467 e. The van der Waals surface area contributed by atoms with Gasteiger partial charge < -0.3 is 19.7 Å². The van der Waals surface area contributed by atoms with E-state index in [1.54, 1.807) is 7.11 Å². The predicted molar refractivity (Wildman–Crippen MR) is 77.4 cm³/mol. The Hall–Kier alpha value is -1.63. The SMILES string of the molecule is CCCNc1nc(OC)nc(N(C)C2CCOCC2)n1. The lowest BCUT2D eigenvalue weighted by molar-refractivity contribution is 0.0852. The average Bonchev–Trinajstić information content (AvgIpc) is 2.52. The fourth-order valence-electron chi connectivity index (χ4n) is 2.15. The zero-order chi connectivity index (χ0) is 14.4. The van der Waals surface area contributed by atoms with Gasteiger partial charge in [0.15, 0.2) is 0 Å². The number of hydrogen-bond acceptors (Lipinski definition) is 7. The number of anilines is 2. The van der Waals surface area contributed by atoms with Gasteiger partial charge in [0.1, 0.15) is 0 Å². The first-order valence-corrected chi connectivity index (χ1v) is 7.09. The van der Waals surface area contributed by atoms with E-state index in [1.165, 1.54) is 0 Å². The van der Waals surface area contributed by atoms with Crippen LogP contribution in [0.3, 0.4) is 0 Å². The molecule has 7 heteroatoms. The van der Waals surface area contributed by atoms with E-state index >= 15 is 0 Å². The highest BCUT2D eigenvalue weighted by Gasteiger charge is 2.21. The molecular formula is C13H23N5O2. The molecule has 7 nitrogen and oxygen atoms in total. The van der Waals surface area contributed by atoms with Crippen LogP contribution >= 0.6 is 0 Å². The summed E-state index contributed by atoms with van der Waals surface area (Å²) in [4.78, 5) is 15.1. The van der Waals surface area contributed by atoms with Crippen LogP contribution in [0.5, 0.6) is 6.01 Å². The summed E-state index contributed by atoms with van der Waals surface area (Å²) in [5.74, 6) is 1.20. The van der Waals surface area contributed by atoms with E-state index in [0.717, 1.165) is 39.0 Å². The van der Waals surface area contributed by atoms with Crippen LogP contribution < -0.4 is 15.0 Å². The van der Waals surface area contributed by atoms with Crippen LogP contribution in [0.1, 0.15) is 26.2 Å². The molecule has 0 amide bonds. The number of rotatable bonds is 6. The summed E-state index contributed by atoms with van der Waals surface area (Å²) in [6.45, 7) is 4.50. The van der Waals surface area contributed by atoms with Gasteiger partial charge in [-0.25, -0.2) is 0 Å². The molecule has 1 aliphatic rings. The number of methoxy groups -OCH3 is 1. The first kappa shape index (κ1) is 14.8. The third-order valence-corrected chi connectivity index (χ3v) is 3.37. The van der Waals surface area contributed by atoms with Crippen molar-refractivity contribution in [2.45, 2.75) is 32.2 Å². The Morgan fingerprint density at radius 3 is 2.70 bits per heavy atom. The Bertz CT molecular complexity index is 423. The summed E-state index contributed by atoms with van der Waals surface area (Å²) in [6.07, 6.45) is 2.99. The molecule has 0 atom stereocenters. The molecular weight excluding hydrogens is 258 g/mol. The quantitative estimate of drug-likeness (QED) is 0.843. The minimum Gasteiger partial charge on any atom is -0.467 e. The molecule has 1 N–H and O–H groups in total. The van der Waals surface area contributed by atoms with Gasteiger partial charge in [-0.15, -0.1) is 0 Å². The summed E-state index contributed by atoms with van der Waals surface area (Å²) < 4.78 is 10.6. The number of ether oxygens (including phenoxy) is 2. The second kappa shape index (κ2) is 7.23. The maximum Gasteiger partial charge on any atom is 0.322 e. The summed E-state index contributed by atoms with van der Waals surface area (Å²) in [5, 5.41) is 3.17. The van der Waals surface area contributed by atoms with E-state index in [2.05, 4.69) is 32.1 Å². The highest BCUT2D eigenvalue weighted by molar-refractivity contribution is 5.38. The second-order valence-corrected chi connectivity index (χ2v) is 4.83. The van der Waals surface area contributed by atoms with Gasteiger partial charge in [0, 0.05) is 32.8 Å². The van der Waals surface area contributed by atoms with Gasteiger partial charge in [0.25, 0.3) is 0 Å². The van der Waals surface area contributed by atoms with Gasteiger partial charge in [-0.3, -0.25) is 0 Å². The van der Waals surface area contributed by atoms with Crippen LogP contribution in [0.15, 0.2) is 0 Å². The van der Waals surface area contributed by atoms with Crippen molar-refractivity contribution in [1.82, 2.24) is 15.0 Å². The molecule has 1 fully saturated rings. The molecule has 0 aliphatic carbocycles. The number of hydrogen-bond donors (Lipinski definition) is 1. The summed E-state index contributed by atoms with van der Waals surface area (Å²) >= 11 is 0. The maximum absolute atomic E-state index is 5.39. The number of nitrogens with zero attached hydrogens (tertiary/aromatic N) is 4. The molecule has 0 radical (unpaired) electrons. The zero-order valence-electron chi connectivity index (χ0n) is 12.4. The Labute approximate surface area is 119 Å². The lowest BCUT2D eigenvalue weighted by atomic mass is 10.1. The Kier molecular flexibility index (Phi) is 5.34. The van der Waals surface area contributed by atoms with Gasteiger partial charge in [0.05, 0.1) is 7.11 Å². The van der Waals surface area contributed by atoms with Crippen molar-refractivity contribution in [3.05, 3.63) is 0 Å². The molecule has 20 heavy (non-hydrogen) atoms. The first-order valence-electron chi connectivity index (χ1n) is 7.09. The molecule has 0 saturated carbocycles. The molecule has 1 aliphatic heterocycles. The molecule has 2 heterocycles. The van der Waals surface area contributed by atoms with Crippen molar-refractivity contribution in [1.29, 1.82) is 0 Å². The molecule has 0 spiro atoms. The molecule has 112 valence electrons. The van der Waals surface area contributed by atoms with E-state index in [9.17, 15) is 0 Å². The highest BCUT2D eigenvalue weighted by atomic mass is 16.5. The topological polar surface area (TPSA) is 72.4 Å². The third-order valence-electron chi connectivity index (χ3n) is 3.37. The van der Waals surface area contributed by atoms with Crippen LogP contribution in [-0.2, 0) is 4.74 Å². The van der Waals surface area contributed by atoms with E-state index in [-0.39, 0.29) is 0 Å². The fraction of sp³-hybridized carbons (Fsp3) is 0.769. The molecule has 1 aromatic heterocycles. The highest BCUT2D eigenvalue weighted by Crippen LogP contribution is 2.20. The molecule has 0 unspecified atom stereocenters. The van der Waals surface area contributed by atoms with Crippen LogP contribution in [0.2, 0.25) is 0 Å². The molecule has 0 aromatic carbocycles. The van der Waals surface area contributed by atoms with Crippen molar-refractivity contribution < 1.29 is 9.47 Å².